The van der Waals surface area contributed by atoms with Crippen LogP contribution in [-0.2, 0) is 0 Å². The summed E-state index contributed by atoms with van der Waals surface area (Å²) in [5, 5.41) is 0. The molecule has 2 rings (SSSR count). The molecular formula is C15H28. The van der Waals surface area contributed by atoms with E-state index in [9.17, 15) is 0 Å². The van der Waals surface area contributed by atoms with Gasteiger partial charge in [-0.2, -0.15) is 0 Å². The molecule has 0 saturated heterocycles. The van der Waals surface area contributed by atoms with Gasteiger partial charge in [-0.1, -0.05) is 40.5 Å². The maximum atomic E-state index is 2.50. The molecule has 2 saturated carbocycles. The van der Waals surface area contributed by atoms with Gasteiger partial charge in [-0.3, -0.25) is 0 Å². The Hall–Kier alpha value is 0. The van der Waals surface area contributed by atoms with Crippen molar-refractivity contribution in [2.75, 3.05) is 0 Å². The second-order valence-electron chi connectivity index (χ2n) is 6.71. The lowest BCUT2D eigenvalue weighted by Crippen LogP contribution is -2.39. The molecule has 88 valence electrons. The first-order valence-corrected chi connectivity index (χ1v) is 7.09. The molecule has 15 heavy (non-hydrogen) atoms. The van der Waals surface area contributed by atoms with Gasteiger partial charge in [0.25, 0.3) is 0 Å². The van der Waals surface area contributed by atoms with Crippen LogP contribution in [0.4, 0.5) is 0 Å². The van der Waals surface area contributed by atoms with Crippen LogP contribution in [-0.4, -0.2) is 0 Å². The molecule has 0 aromatic carbocycles. The smallest absolute Gasteiger partial charge is 0.0350 e. The second kappa shape index (κ2) is 4.47. The molecule has 0 amide bonds. The summed E-state index contributed by atoms with van der Waals surface area (Å²) >= 11 is 0. The molecule has 0 heteroatoms. The van der Waals surface area contributed by atoms with Crippen molar-refractivity contribution in [2.24, 2.45) is 35.5 Å². The van der Waals surface area contributed by atoms with E-state index in [1.54, 1.807) is 0 Å². The molecule has 0 bridgehead atoms. The highest BCUT2D eigenvalue weighted by Crippen LogP contribution is 2.50. The van der Waals surface area contributed by atoms with Crippen molar-refractivity contribution in [2.45, 2.75) is 59.8 Å². The van der Waals surface area contributed by atoms with Gasteiger partial charge in [0, 0.05) is 0 Å². The molecule has 2 fully saturated rings. The number of hydrogen-bond donors (Lipinski definition) is 0. The summed E-state index contributed by atoms with van der Waals surface area (Å²) in [6, 6.07) is 0. The highest BCUT2D eigenvalue weighted by Gasteiger charge is 2.41. The van der Waals surface area contributed by atoms with Crippen LogP contribution in [0.1, 0.15) is 59.8 Å². The highest BCUT2D eigenvalue weighted by molar-refractivity contribution is 4.90. The standard InChI is InChI=1S/C15H28/c1-10(2)13-8-6-12(4)14-7-5-11(3)9-15(13)14/h10-15H,5-9H2,1-4H3/t11?,12?,13-,14-,15-/m1/s1. The van der Waals surface area contributed by atoms with Crippen LogP contribution in [0.15, 0.2) is 0 Å². The Balaban J connectivity index is 2.10. The minimum Gasteiger partial charge on any atom is -0.0625 e. The van der Waals surface area contributed by atoms with Crippen LogP contribution >= 0.6 is 0 Å². The Labute approximate surface area is 95.8 Å². The Morgan fingerprint density at radius 3 is 2.27 bits per heavy atom. The quantitative estimate of drug-likeness (QED) is 0.584. The number of rotatable bonds is 1. The largest absolute Gasteiger partial charge is 0.0625 e. The summed E-state index contributed by atoms with van der Waals surface area (Å²) in [7, 11) is 0. The summed E-state index contributed by atoms with van der Waals surface area (Å²) < 4.78 is 0. The van der Waals surface area contributed by atoms with E-state index in [0.29, 0.717) is 0 Å². The molecule has 0 heterocycles. The molecule has 0 radical (unpaired) electrons. The van der Waals surface area contributed by atoms with Crippen molar-refractivity contribution in [1.29, 1.82) is 0 Å². The van der Waals surface area contributed by atoms with Crippen LogP contribution in [0, 0.1) is 35.5 Å². The van der Waals surface area contributed by atoms with E-state index in [-0.39, 0.29) is 0 Å². The lowest BCUT2D eigenvalue weighted by molar-refractivity contribution is 0.0182. The molecule has 2 aliphatic rings. The second-order valence-corrected chi connectivity index (χ2v) is 6.71. The normalized spacial score (nSPS) is 46.6. The summed E-state index contributed by atoms with van der Waals surface area (Å²) in [5.74, 6) is 6.10. The van der Waals surface area contributed by atoms with E-state index in [2.05, 4.69) is 27.7 Å². The average Bonchev–Trinajstić information content (AvgIpc) is 2.17. The van der Waals surface area contributed by atoms with Crippen LogP contribution in [0.2, 0.25) is 0 Å². The van der Waals surface area contributed by atoms with Crippen molar-refractivity contribution >= 4 is 0 Å². The van der Waals surface area contributed by atoms with Gasteiger partial charge < -0.3 is 0 Å². The van der Waals surface area contributed by atoms with Gasteiger partial charge in [0.1, 0.15) is 0 Å². The average molecular weight is 208 g/mol. The first-order chi connectivity index (χ1) is 7.09. The molecule has 2 aliphatic carbocycles. The van der Waals surface area contributed by atoms with Gasteiger partial charge in [-0.05, 0) is 54.8 Å². The minimum atomic E-state index is 0.912. The molecule has 0 aromatic rings. The van der Waals surface area contributed by atoms with E-state index in [0.717, 1.165) is 35.5 Å². The van der Waals surface area contributed by atoms with E-state index in [1.165, 1.54) is 32.1 Å². The Kier molecular flexibility index (Phi) is 3.42. The van der Waals surface area contributed by atoms with Crippen molar-refractivity contribution < 1.29 is 0 Å². The lowest BCUT2D eigenvalue weighted by atomic mass is 9.57. The number of fused-ring (bicyclic) bond motifs is 1. The third-order valence-corrected chi connectivity index (χ3v) is 5.31. The predicted molar refractivity (Wildman–Crippen MR) is 66.7 cm³/mol. The van der Waals surface area contributed by atoms with Crippen molar-refractivity contribution in [3.8, 4) is 0 Å². The predicted octanol–water partition coefficient (Wildman–Crippen LogP) is 4.74. The lowest BCUT2D eigenvalue weighted by Gasteiger charge is -2.48. The Morgan fingerprint density at radius 2 is 1.60 bits per heavy atom. The SMILES string of the molecule is CC1CC[C@@H]2C(C)CC[C@H](C(C)C)[C@H]2C1. The van der Waals surface area contributed by atoms with Crippen molar-refractivity contribution in [3.63, 3.8) is 0 Å². The first-order valence-electron chi connectivity index (χ1n) is 7.09. The van der Waals surface area contributed by atoms with Gasteiger partial charge in [0.05, 0.1) is 0 Å². The fourth-order valence-electron chi connectivity index (χ4n) is 4.36. The van der Waals surface area contributed by atoms with E-state index >= 15 is 0 Å². The topological polar surface area (TPSA) is 0 Å². The summed E-state index contributed by atoms with van der Waals surface area (Å²) in [5.41, 5.74) is 0. The third kappa shape index (κ3) is 2.24. The van der Waals surface area contributed by atoms with Crippen molar-refractivity contribution in [3.05, 3.63) is 0 Å². The van der Waals surface area contributed by atoms with Gasteiger partial charge >= 0.3 is 0 Å². The zero-order chi connectivity index (χ0) is 11.0. The van der Waals surface area contributed by atoms with Crippen molar-refractivity contribution in [1.82, 2.24) is 0 Å². The molecule has 0 N–H and O–H groups in total. The van der Waals surface area contributed by atoms with E-state index in [1.807, 2.05) is 0 Å². The van der Waals surface area contributed by atoms with Crippen LogP contribution < -0.4 is 0 Å². The van der Waals surface area contributed by atoms with Crippen LogP contribution in [0.5, 0.6) is 0 Å². The highest BCUT2D eigenvalue weighted by atomic mass is 14.5. The van der Waals surface area contributed by atoms with Crippen LogP contribution in [0.25, 0.3) is 0 Å². The molecule has 0 aliphatic heterocycles. The molecule has 0 aromatic heterocycles. The van der Waals surface area contributed by atoms with E-state index < -0.39 is 0 Å². The molecule has 2 unspecified atom stereocenters. The summed E-state index contributed by atoms with van der Waals surface area (Å²) in [6.07, 6.45) is 7.55. The molecule has 0 spiro atoms. The molecular weight excluding hydrogens is 180 g/mol. The zero-order valence-corrected chi connectivity index (χ0v) is 11.0. The van der Waals surface area contributed by atoms with Gasteiger partial charge in [0.2, 0.25) is 0 Å². The van der Waals surface area contributed by atoms with E-state index in [4.69, 9.17) is 0 Å². The maximum Gasteiger partial charge on any atom is -0.0350 e. The maximum absolute atomic E-state index is 2.50. The summed E-state index contributed by atoms with van der Waals surface area (Å²) in [4.78, 5) is 0. The molecule has 0 nitrogen and oxygen atoms in total. The van der Waals surface area contributed by atoms with Gasteiger partial charge in [-0.15, -0.1) is 0 Å². The third-order valence-electron chi connectivity index (χ3n) is 5.31. The first kappa shape index (κ1) is 11.5. The zero-order valence-electron chi connectivity index (χ0n) is 11.0. The fraction of sp³-hybridized carbons (Fsp3) is 1.00. The Morgan fingerprint density at radius 1 is 0.867 bits per heavy atom. The van der Waals surface area contributed by atoms with Gasteiger partial charge in [-0.25, -0.2) is 0 Å². The fourth-order valence-corrected chi connectivity index (χ4v) is 4.36. The monoisotopic (exact) mass is 208 g/mol. The van der Waals surface area contributed by atoms with Gasteiger partial charge in [0.15, 0.2) is 0 Å². The summed E-state index contributed by atoms with van der Waals surface area (Å²) in [6.45, 7) is 9.85. The minimum absolute atomic E-state index is 0.912. The Bertz CT molecular complexity index is 202. The van der Waals surface area contributed by atoms with Crippen LogP contribution in [0.3, 0.4) is 0 Å². The number of hydrogen-bond acceptors (Lipinski definition) is 0. The molecule has 5 atom stereocenters.